The van der Waals surface area contributed by atoms with Gasteiger partial charge < -0.3 is 19.7 Å². The van der Waals surface area contributed by atoms with E-state index in [9.17, 15) is 9.59 Å². The third kappa shape index (κ3) is 5.39. The van der Waals surface area contributed by atoms with Gasteiger partial charge in [-0.15, -0.1) is 0 Å². The van der Waals surface area contributed by atoms with Gasteiger partial charge in [-0.25, -0.2) is 0 Å². The van der Waals surface area contributed by atoms with E-state index in [4.69, 9.17) is 9.52 Å². The summed E-state index contributed by atoms with van der Waals surface area (Å²) < 4.78 is 4.93. The van der Waals surface area contributed by atoms with E-state index in [1.165, 1.54) is 19.4 Å². The van der Waals surface area contributed by atoms with Crippen LogP contribution < -0.4 is 10.7 Å². The first-order valence-electron chi connectivity index (χ1n) is 8.28. The molecule has 6 nitrogen and oxygen atoms in total. The maximum Gasteiger partial charge on any atom is 0.287 e. The SMILES string of the molecule is CC(C)CN1CCC[C@@H](CCNC(=O)c2cc(=O)c(O)co2)C1. The first-order chi connectivity index (χ1) is 11.0. The number of hydrogen-bond donors (Lipinski definition) is 2. The van der Waals surface area contributed by atoms with Crippen LogP contribution in [0.5, 0.6) is 5.75 Å². The first-order valence-corrected chi connectivity index (χ1v) is 8.28. The highest BCUT2D eigenvalue weighted by atomic mass is 16.4. The van der Waals surface area contributed by atoms with E-state index in [-0.39, 0.29) is 5.76 Å². The minimum atomic E-state index is -0.613. The van der Waals surface area contributed by atoms with E-state index < -0.39 is 17.1 Å². The van der Waals surface area contributed by atoms with Crippen molar-refractivity contribution in [2.45, 2.75) is 33.1 Å². The van der Waals surface area contributed by atoms with Crippen LogP contribution in [0.3, 0.4) is 0 Å². The second-order valence-electron chi connectivity index (χ2n) is 6.70. The second-order valence-corrected chi connectivity index (χ2v) is 6.70. The Bertz CT molecular complexity index is 582. The normalized spacial score (nSPS) is 19.0. The Hall–Kier alpha value is -1.82. The van der Waals surface area contributed by atoms with Gasteiger partial charge in [0.25, 0.3) is 5.91 Å². The van der Waals surface area contributed by atoms with Gasteiger partial charge in [-0.05, 0) is 37.6 Å². The van der Waals surface area contributed by atoms with Crippen molar-refractivity contribution in [3.05, 3.63) is 28.3 Å². The molecule has 1 aliphatic rings. The van der Waals surface area contributed by atoms with Crippen LogP contribution in [0.2, 0.25) is 0 Å². The fourth-order valence-corrected chi connectivity index (χ4v) is 3.07. The average Bonchev–Trinajstić information content (AvgIpc) is 2.49. The molecule has 1 fully saturated rings. The van der Waals surface area contributed by atoms with Gasteiger partial charge in [0.2, 0.25) is 5.43 Å². The Labute approximate surface area is 136 Å². The Balaban J connectivity index is 1.76. The molecule has 1 amide bonds. The molecule has 0 aromatic carbocycles. The lowest BCUT2D eigenvalue weighted by atomic mass is 9.94. The highest BCUT2D eigenvalue weighted by Crippen LogP contribution is 2.20. The summed E-state index contributed by atoms with van der Waals surface area (Å²) in [6.07, 6.45) is 4.21. The van der Waals surface area contributed by atoms with Crippen molar-refractivity contribution in [2.24, 2.45) is 11.8 Å². The molecule has 2 N–H and O–H groups in total. The number of carbonyl (C=O) groups is 1. The first kappa shape index (κ1) is 17.5. The molecule has 1 aliphatic heterocycles. The topological polar surface area (TPSA) is 82.8 Å². The van der Waals surface area contributed by atoms with Crippen molar-refractivity contribution in [2.75, 3.05) is 26.2 Å². The zero-order chi connectivity index (χ0) is 16.8. The summed E-state index contributed by atoms with van der Waals surface area (Å²) in [5.41, 5.74) is -0.613. The van der Waals surface area contributed by atoms with Crippen LogP contribution >= 0.6 is 0 Å². The van der Waals surface area contributed by atoms with Crippen molar-refractivity contribution < 1.29 is 14.3 Å². The Morgan fingerprint density at radius 2 is 2.30 bits per heavy atom. The fraction of sp³-hybridized carbons (Fsp3) is 0.647. The highest BCUT2D eigenvalue weighted by Gasteiger charge is 2.20. The molecule has 6 heteroatoms. The Morgan fingerprint density at radius 3 is 3.00 bits per heavy atom. The van der Waals surface area contributed by atoms with E-state index in [0.717, 1.165) is 31.8 Å². The van der Waals surface area contributed by atoms with Crippen molar-refractivity contribution >= 4 is 5.91 Å². The summed E-state index contributed by atoms with van der Waals surface area (Å²) >= 11 is 0. The van der Waals surface area contributed by atoms with Gasteiger partial charge in [-0.3, -0.25) is 9.59 Å². The van der Waals surface area contributed by atoms with E-state index in [2.05, 4.69) is 24.1 Å². The average molecular weight is 322 g/mol. The number of likely N-dealkylation sites (tertiary alicyclic amines) is 1. The summed E-state index contributed by atoms with van der Waals surface area (Å²) in [4.78, 5) is 25.7. The standard InChI is InChI=1S/C17H26N2O4/c1-12(2)9-19-7-3-4-13(10-19)5-6-18-17(22)16-8-14(20)15(21)11-23-16/h8,11-13,21H,3-7,9-10H2,1-2H3,(H,18,22)/t13-/m0/s1. The van der Waals surface area contributed by atoms with Crippen molar-refractivity contribution in [3.8, 4) is 5.75 Å². The molecular formula is C17H26N2O4. The molecule has 1 aromatic rings. The second kappa shape index (κ2) is 8.15. The number of aromatic hydroxyl groups is 1. The van der Waals surface area contributed by atoms with Crippen LogP contribution in [0.1, 0.15) is 43.7 Å². The molecule has 23 heavy (non-hydrogen) atoms. The Kier molecular flexibility index (Phi) is 6.21. The smallest absolute Gasteiger partial charge is 0.287 e. The number of nitrogens with zero attached hydrogens (tertiary/aromatic N) is 1. The van der Waals surface area contributed by atoms with Crippen molar-refractivity contribution in [1.29, 1.82) is 0 Å². The predicted octanol–water partition coefficient (Wildman–Crippen LogP) is 1.83. The lowest BCUT2D eigenvalue weighted by Gasteiger charge is -2.33. The molecule has 2 rings (SSSR count). The number of hydrogen-bond acceptors (Lipinski definition) is 5. The van der Waals surface area contributed by atoms with Crippen molar-refractivity contribution in [3.63, 3.8) is 0 Å². The van der Waals surface area contributed by atoms with E-state index in [1.54, 1.807) is 0 Å². The third-order valence-corrected chi connectivity index (χ3v) is 4.10. The number of rotatable bonds is 6. The summed E-state index contributed by atoms with van der Waals surface area (Å²) in [6, 6.07) is 1.01. The third-order valence-electron chi connectivity index (χ3n) is 4.10. The summed E-state index contributed by atoms with van der Waals surface area (Å²) in [7, 11) is 0. The maximum atomic E-state index is 11.9. The van der Waals surface area contributed by atoms with Gasteiger partial charge in [0.05, 0.1) is 0 Å². The van der Waals surface area contributed by atoms with Gasteiger partial charge in [-0.1, -0.05) is 13.8 Å². The molecule has 1 saturated heterocycles. The van der Waals surface area contributed by atoms with Gasteiger partial charge in [0.1, 0.15) is 6.26 Å². The zero-order valence-corrected chi connectivity index (χ0v) is 13.9. The van der Waals surface area contributed by atoms with Crippen LogP contribution in [0.25, 0.3) is 0 Å². The van der Waals surface area contributed by atoms with Crippen LogP contribution in [-0.4, -0.2) is 42.1 Å². The van der Waals surface area contributed by atoms with E-state index in [0.29, 0.717) is 18.4 Å². The molecule has 2 heterocycles. The monoisotopic (exact) mass is 322 g/mol. The van der Waals surface area contributed by atoms with Gasteiger partial charge in [-0.2, -0.15) is 0 Å². The molecule has 0 bridgehead atoms. The van der Waals surface area contributed by atoms with Gasteiger partial charge in [0, 0.05) is 25.7 Å². The minimum Gasteiger partial charge on any atom is -0.502 e. The van der Waals surface area contributed by atoms with E-state index in [1.807, 2.05) is 0 Å². The van der Waals surface area contributed by atoms with Crippen LogP contribution in [-0.2, 0) is 0 Å². The summed E-state index contributed by atoms with van der Waals surface area (Å²) in [6.45, 7) is 8.40. The summed E-state index contributed by atoms with van der Waals surface area (Å²) in [5.74, 6) is 0.282. The van der Waals surface area contributed by atoms with Crippen LogP contribution in [0, 0.1) is 11.8 Å². The van der Waals surface area contributed by atoms with Gasteiger partial charge >= 0.3 is 0 Å². The van der Waals surface area contributed by atoms with Crippen LogP contribution in [0.15, 0.2) is 21.5 Å². The quantitative estimate of drug-likeness (QED) is 0.835. The maximum absolute atomic E-state index is 11.9. The van der Waals surface area contributed by atoms with Crippen LogP contribution in [0.4, 0.5) is 0 Å². The molecule has 1 aromatic heterocycles. The molecular weight excluding hydrogens is 296 g/mol. The Morgan fingerprint density at radius 1 is 1.52 bits per heavy atom. The molecule has 1 atom stereocenters. The number of piperidine rings is 1. The molecule has 128 valence electrons. The highest BCUT2D eigenvalue weighted by molar-refractivity contribution is 5.91. The minimum absolute atomic E-state index is 0.0714. The lowest BCUT2D eigenvalue weighted by molar-refractivity contribution is 0.0915. The number of carbonyl (C=O) groups excluding carboxylic acids is 1. The molecule has 0 saturated carbocycles. The molecule has 0 radical (unpaired) electrons. The molecule has 0 aliphatic carbocycles. The largest absolute Gasteiger partial charge is 0.502 e. The predicted molar refractivity (Wildman–Crippen MR) is 87.6 cm³/mol. The van der Waals surface area contributed by atoms with Crippen molar-refractivity contribution in [1.82, 2.24) is 10.2 Å². The van der Waals surface area contributed by atoms with E-state index >= 15 is 0 Å². The molecule has 0 unspecified atom stereocenters. The zero-order valence-electron chi connectivity index (χ0n) is 13.9. The fourth-order valence-electron chi connectivity index (χ4n) is 3.07. The number of nitrogens with one attached hydrogen (secondary N) is 1. The number of amides is 1. The molecule has 0 spiro atoms. The lowest BCUT2D eigenvalue weighted by Crippen LogP contribution is -2.39. The summed E-state index contributed by atoms with van der Waals surface area (Å²) in [5, 5.41) is 11.9. The van der Waals surface area contributed by atoms with Gasteiger partial charge in [0.15, 0.2) is 11.5 Å².